The van der Waals surface area contributed by atoms with E-state index in [1.165, 1.54) is 0 Å². The zero-order valence-corrected chi connectivity index (χ0v) is 12.5. The van der Waals surface area contributed by atoms with Gasteiger partial charge in [0.2, 0.25) is 5.91 Å². The molecule has 0 aromatic carbocycles. The van der Waals surface area contributed by atoms with Crippen molar-refractivity contribution in [1.82, 2.24) is 15.5 Å². The maximum atomic E-state index is 11.7. The van der Waals surface area contributed by atoms with Crippen LogP contribution in [0.25, 0.3) is 0 Å². The van der Waals surface area contributed by atoms with Gasteiger partial charge >= 0.3 is 0 Å². The molecule has 0 unspecified atom stereocenters. The predicted molar refractivity (Wildman–Crippen MR) is 79.1 cm³/mol. The standard InChI is InChI=1S/C13H27N3OS/c1-3-16(4-2)9-10-18-11-13(17)15-12-5-7-14-8-6-12/h12,14H,3-11H2,1-2H3,(H,15,17). The van der Waals surface area contributed by atoms with Crippen molar-refractivity contribution in [2.45, 2.75) is 32.7 Å². The van der Waals surface area contributed by atoms with E-state index in [2.05, 4.69) is 29.4 Å². The van der Waals surface area contributed by atoms with Gasteiger partial charge in [0.1, 0.15) is 0 Å². The van der Waals surface area contributed by atoms with Crippen molar-refractivity contribution in [3.8, 4) is 0 Å². The number of nitrogens with zero attached hydrogens (tertiary/aromatic N) is 1. The number of hydrogen-bond donors (Lipinski definition) is 2. The largest absolute Gasteiger partial charge is 0.353 e. The fourth-order valence-corrected chi connectivity index (χ4v) is 2.93. The molecule has 0 aromatic heterocycles. The third-order valence-corrected chi connectivity index (χ3v) is 4.32. The van der Waals surface area contributed by atoms with Crippen LogP contribution in [0, 0.1) is 0 Å². The van der Waals surface area contributed by atoms with Crippen LogP contribution in [0.4, 0.5) is 0 Å². The van der Waals surface area contributed by atoms with Crippen LogP contribution < -0.4 is 10.6 Å². The van der Waals surface area contributed by atoms with E-state index in [9.17, 15) is 4.79 Å². The lowest BCUT2D eigenvalue weighted by Gasteiger charge is -2.23. The first-order valence-electron chi connectivity index (χ1n) is 7.06. The summed E-state index contributed by atoms with van der Waals surface area (Å²) >= 11 is 1.74. The highest BCUT2D eigenvalue weighted by Gasteiger charge is 2.14. The van der Waals surface area contributed by atoms with Crippen molar-refractivity contribution in [2.75, 3.05) is 44.2 Å². The number of amides is 1. The van der Waals surface area contributed by atoms with E-state index < -0.39 is 0 Å². The van der Waals surface area contributed by atoms with Gasteiger partial charge < -0.3 is 15.5 Å². The summed E-state index contributed by atoms with van der Waals surface area (Å²) in [5, 5.41) is 6.43. The van der Waals surface area contributed by atoms with E-state index >= 15 is 0 Å². The molecule has 0 bridgehead atoms. The highest BCUT2D eigenvalue weighted by molar-refractivity contribution is 7.99. The van der Waals surface area contributed by atoms with Crippen LogP contribution >= 0.6 is 11.8 Å². The molecular formula is C13H27N3OS. The number of nitrogens with one attached hydrogen (secondary N) is 2. The molecule has 0 spiro atoms. The zero-order chi connectivity index (χ0) is 13.2. The number of rotatable bonds is 8. The molecule has 0 saturated carbocycles. The minimum Gasteiger partial charge on any atom is -0.353 e. The van der Waals surface area contributed by atoms with Gasteiger partial charge in [0.05, 0.1) is 5.75 Å². The Balaban J connectivity index is 2.02. The Labute approximate surface area is 115 Å². The molecule has 0 aliphatic carbocycles. The SMILES string of the molecule is CCN(CC)CCSCC(=O)NC1CCNCC1. The summed E-state index contributed by atoms with van der Waals surface area (Å²) in [5.74, 6) is 1.85. The number of carbonyl (C=O) groups excluding carboxylic acids is 1. The third kappa shape index (κ3) is 6.61. The third-order valence-electron chi connectivity index (χ3n) is 3.38. The van der Waals surface area contributed by atoms with E-state index in [-0.39, 0.29) is 5.91 Å². The van der Waals surface area contributed by atoms with E-state index in [1.54, 1.807) is 11.8 Å². The average Bonchev–Trinajstić information content (AvgIpc) is 2.40. The summed E-state index contributed by atoms with van der Waals surface area (Å²) < 4.78 is 0. The summed E-state index contributed by atoms with van der Waals surface area (Å²) in [6, 6.07) is 0.391. The molecule has 1 fully saturated rings. The minimum atomic E-state index is 0.200. The van der Waals surface area contributed by atoms with Gasteiger partial charge in [-0.2, -0.15) is 11.8 Å². The molecule has 1 aliphatic heterocycles. The summed E-state index contributed by atoms with van der Waals surface area (Å²) in [6.07, 6.45) is 2.13. The minimum absolute atomic E-state index is 0.200. The molecule has 0 aromatic rings. The van der Waals surface area contributed by atoms with Crippen LogP contribution in [0.3, 0.4) is 0 Å². The summed E-state index contributed by atoms with van der Waals surface area (Å²) in [6.45, 7) is 9.69. The Morgan fingerprint density at radius 3 is 2.61 bits per heavy atom. The van der Waals surface area contributed by atoms with Crippen LogP contribution in [0.1, 0.15) is 26.7 Å². The molecule has 2 N–H and O–H groups in total. The number of hydrogen-bond acceptors (Lipinski definition) is 4. The van der Waals surface area contributed by atoms with Gasteiger partial charge in [0.15, 0.2) is 0 Å². The molecule has 1 aliphatic rings. The van der Waals surface area contributed by atoms with Crippen molar-refractivity contribution in [3.05, 3.63) is 0 Å². The molecule has 1 rings (SSSR count). The Bertz CT molecular complexity index is 228. The highest BCUT2D eigenvalue weighted by atomic mass is 32.2. The van der Waals surface area contributed by atoms with Gasteiger partial charge in [-0.15, -0.1) is 0 Å². The first kappa shape index (κ1) is 15.8. The molecule has 0 radical (unpaired) electrons. The van der Waals surface area contributed by atoms with Crippen LogP contribution in [0.2, 0.25) is 0 Å². The summed E-state index contributed by atoms with van der Waals surface area (Å²) in [5.41, 5.74) is 0. The number of thioether (sulfide) groups is 1. The first-order chi connectivity index (χ1) is 8.76. The second-order valence-electron chi connectivity index (χ2n) is 4.67. The van der Waals surface area contributed by atoms with Gasteiger partial charge in [0, 0.05) is 18.3 Å². The quantitative estimate of drug-likeness (QED) is 0.646. The Kier molecular flexibility index (Phi) is 8.46. The molecule has 106 valence electrons. The van der Waals surface area contributed by atoms with Crippen molar-refractivity contribution < 1.29 is 4.79 Å². The molecule has 1 heterocycles. The summed E-state index contributed by atoms with van der Waals surface area (Å²) in [4.78, 5) is 14.1. The topological polar surface area (TPSA) is 44.4 Å². The fourth-order valence-electron chi connectivity index (χ4n) is 2.13. The van der Waals surface area contributed by atoms with Crippen molar-refractivity contribution in [1.29, 1.82) is 0 Å². The molecule has 1 saturated heterocycles. The second kappa shape index (κ2) is 9.64. The first-order valence-corrected chi connectivity index (χ1v) is 8.21. The van der Waals surface area contributed by atoms with Crippen molar-refractivity contribution in [2.24, 2.45) is 0 Å². The lowest BCUT2D eigenvalue weighted by atomic mass is 10.1. The van der Waals surface area contributed by atoms with Crippen LogP contribution in [0.15, 0.2) is 0 Å². The number of piperidine rings is 1. The van der Waals surface area contributed by atoms with E-state index in [0.717, 1.165) is 51.3 Å². The van der Waals surface area contributed by atoms with E-state index in [0.29, 0.717) is 11.8 Å². The molecule has 0 atom stereocenters. The van der Waals surface area contributed by atoms with E-state index in [4.69, 9.17) is 0 Å². The number of carbonyl (C=O) groups is 1. The van der Waals surface area contributed by atoms with Crippen molar-refractivity contribution >= 4 is 17.7 Å². The van der Waals surface area contributed by atoms with Crippen LogP contribution in [-0.4, -0.2) is 61.1 Å². The Morgan fingerprint density at radius 2 is 2.00 bits per heavy atom. The molecule has 1 amide bonds. The molecular weight excluding hydrogens is 246 g/mol. The van der Waals surface area contributed by atoms with Crippen LogP contribution in [-0.2, 0) is 4.79 Å². The zero-order valence-electron chi connectivity index (χ0n) is 11.7. The van der Waals surface area contributed by atoms with Gasteiger partial charge in [-0.05, 0) is 39.0 Å². The highest BCUT2D eigenvalue weighted by Crippen LogP contribution is 2.04. The Hall–Kier alpha value is -0.260. The smallest absolute Gasteiger partial charge is 0.230 e. The Morgan fingerprint density at radius 1 is 1.33 bits per heavy atom. The molecule has 5 heteroatoms. The average molecular weight is 273 g/mol. The fraction of sp³-hybridized carbons (Fsp3) is 0.923. The molecule has 4 nitrogen and oxygen atoms in total. The lowest BCUT2D eigenvalue weighted by molar-refractivity contribution is -0.119. The summed E-state index contributed by atoms with van der Waals surface area (Å²) in [7, 11) is 0. The van der Waals surface area contributed by atoms with Gasteiger partial charge in [-0.3, -0.25) is 4.79 Å². The van der Waals surface area contributed by atoms with Gasteiger partial charge in [0.25, 0.3) is 0 Å². The van der Waals surface area contributed by atoms with Crippen LogP contribution in [0.5, 0.6) is 0 Å². The predicted octanol–water partition coefficient (Wildman–Crippen LogP) is 0.930. The lowest BCUT2D eigenvalue weighted by Crippen LogP contribution is -2.43. The maximum absolute atomic E-state index is 11.7. The maximum Gasteiger partial charge on any atom is 0.230 e. The normalized spacial score (nSPS) is 17.1. The second-order valence-corrected chi connectivity index (χ2v) is 5.78. The van der Waals surface area contributed by atoms with Crippen molar-refractivity contribution in [3.63, 3.8) is 0 Å². The van der Waals surface area contributed by atoms with Gasteiger partial charge in [-0.25, -0.2) is 0 Å². The van der Waals surface area contributed by atoms with Gasteiger partial charge in [-0.1, -0.05) is 13.8 Å². The molecule has 18 heavy (non-hydrogen) atoms. The monoisotopic (exact) mass is 273 g/mol. The van der Waals surface area contributed by atoms with E-state index in [1.807, 2.05) is 0 Å².